The van der Waals surface area contributed by atoms with E-state index in [1.54, 1.807) is 0 Å². The molecule has 0 fully saturated rings. The van der Waals surface area contributed by atoms with Gasteiger partial charge in [-0.2, -0.15) is 0 Å². The summed E-state index contributed by atoms with van der Waals surface area (Å²) in [6.45, 7) is 0. The molecule has 0 N–H and O–H groups in total. The highest BCUT2D eigenvalue weighted by molar-refractivity contribution is 6.37. The quantitative estimate of drug-likeness (QED) is 0.116. The van der Waals surface area contributed by atoms with E-state index in [1.165, 1.54) is 132 Å². The molecule has 12 aromatic rings. The lowest BCUT2D eigenvalue weighted by atomic mass is 9.75. The lowest BCUT2D eigenvalue weighted by Gasteiger charge is -2.27. The van der Waals surface area contributed by atoms with Crippen molar-refractivity contribution in [2.75, 3.05) is 0 Å². The van der Waals surface area contributed by atoms with Crippen LogP contribution in [-0.2, 0) is 0 Å². The van der Waals surface area contributed by atoms with Gasteiger partial charge >= 0.3 is 0 Å². The van der Waals surface area contributed by atoms with Gasteiger partial charge in [-0.15, -0.1) is 0 Å². The van der Waals surface area contributed by atoms with Gasteiger partial charge in [0, 0.05) is 0 Å². The fraction of sp³-hybridized carbons (Fsp3) is 0. The second kappa shape index (κ2) is 14.7. The van der Waals surface area contributed by atoms with Crippen LogP contribution in [0.15, 0.2) is 243 Å². The molecule has 0 saturated heterocycles. The van der Waals surface area contributed by atoms with Crippen LogP contribution in [-0.4, -0.2) is 0 Å². The summed E-state index contributed by atoms with van der Waals surface area (Å²) in [5.74, 6) is 0. The van der Waals surface area contributed by atoms with Gasteiger partial charge in [0.25, 0.3) is 0 Å². The summed E-state index contributed by atoms with van der Waals surface area (Å²) in [4.78, 5) is 0. The SMILES string of the molecule is c1ccc(-c2cc3c(-c4ccccc4)c4c(-c5ccccc5)c5c(c(-c6ccccc6)c4c(-c4ccccc4)c3cc2-c2ccccc2)-c2cc3ccccc3c3cccc-5c23)cc1. The molecule has 0 aliphatic heterocycles. The Morgan fingerprint density at radius 2 is 0.531 bits per heavy atom. The van der Waals surface area contributed by atoms with Crippen LogP contribution in [0.5, 0.6) is 0 Å². The minimum atomic E-state index is 1.19. The van der Waals surface area contributed by atoms with Crippen LogP contribution in [0.25, 0.3) is 132 Å². The van der Waals surface area contributed by atoms with E-state index in [0.717, 1.165) is 0 Å². The molecule has 0 heteroatoms. The van der Waals surface area contributed by atoms with E-state index in [0.29, 0.717) is 0 Å². The monoisotopic (exact) mass is 808 g/mol. The summed E-state index contributed by atoms with van der Waals surface area (Å²) in [7, 11) is 0. The van der Waals surface area contributed by atoms with E-state index in [4.69, 9.17) is 0 Å². The standard InChI is InChI=1S/C64H40/c1-7-22-41(23-8-1)51-39-53-54(40-52(51)42-24-9-2-10-25-42)57(44-28-13-4-14-29-44)64-59(46-32-17-6-18-33-46)62-55-38-47-34-19-20-35-48(47)49-36-21-37-50(60(49)55)61(62)58(45-30-15-5-16-31-45)63(64)56(53)43-26-11-3-12-27-43/h1-40H. The van der Waals surface area contributed by atoms with Crippen LogP contribution in [0.4, 0.5) is 0 Å². The third-order valence-corrected chi connectivity index (χ3v) is 13.5. The molecule has 1 aliphatic carbocycles. The highest BCUT2D eigenvalue weighted by atomic mass is 14.4. The molecule has 1 aliphatic rings. The molecule has 13 rings (SSSR count). The maximum absolute atomic E-state index is 2.51. The first-order chi connectivity index (χ1) is 31.8. The van der Waals surface area contributed by atoms with Crippen LogP contribution in [0.2, 0.25) is 0 Å². The molecule has 0 unspecified atom stereocenters. The molecule has 0 saturated carbocycles. The number of benzene rings is 12. The van der Waals surface area contributed by atoms with Gasteiger partial charge in [-0.05, 0) is 150 Å². The molecule has 296 valence electrons. The molecule has 12 aromatic carbocycles. The van der Waals surface area contributed by atoms with Gasteiger partial charge in [0.2, 0.25) is 0 Å². The predicted octanol–water partition coefficient (Wildman–Crippen LogP) is 17.9. The van der Waals surface area contributed by atoms with E-state index >= 15 is 0 Å². The zero-order valence-corrected chi connectivity index (χ0v) is 35.1. The van der Waals surface area contributed by atoms with Gasteiger partial charge < -0.3 is 0 Å². The summed E-state index contributed by atoms with van der Waals surface area (Å²) in [5.41, 5.74) is 19.8. The van der Waals surface area contributed by atoms with Crippen LogP contribution >= 0.6 is 0 Å². The van der Waals surface area contributed by atoms with Crippen LogP contribution in [0.1, 0.15) is 0 Å². The van der Waals surface area contributed by atoms with Gasteiger partial charge in [-0.1, -0.05) is 224 Å². The summed E-state index contributed by atoms with van der Waals surface area (Å²) in [5, 5.41) is 10.1. The smallest absolute Gasteiger partial charge is 0.000116 e. The molecule has 0 spiro atoms. The molecular weight excluding hydrogens is 769 g/mol. The molecule has 0 bridgehead atoms. The topological polar surface area (TPSA) is 0 Å². The first-order valence-electron chi connectivity index (χ1n) is 22.3. The first-order valence-corrected chi connectivity index (χ1v) is 22.3. The zero-order valence-electron chi connectivity index (χ0n) is 35.1. The number of rotatable bonds is 6. The van der Waals surface area contributed by atoms with E-state index in [-0.39, 0.29) is 0 Å². The van der Waals surface area contributed by atoms with Crippen molar-refractivity contribution in [3.05, 3.63) is 243 Å². The van der Waals surface area contributed by atoms with Crippen molar-refractivity contribution in [1.82, 2.24) is 0 Å². The van der Waals surface area contributed by atoms with Crippen molar-refractivity contribution in [3.8, 4) is 89.0 Å². The largest absolute Gasteiger partial charge is 0.0622 e. The molecule has 0 heterocycles. The second-order valence-corrected chi connectivity index (χ2v) is 17.0. The summed E-state index contributed by atoms with van der Waals surface area (Å²) in [6, 6.07) is 90.0. The average Bonchev–Trinajstić information content (AvgIpc) is 3.70. The molecule has 0 aromatic heterocycles. The Hall–Kier alpha value is -8.32. The Kier molecular flexibility index (Phi) is 8.32. The Morgan fingerprint density at radius 1 is 0.172 bits per heavy atom. The summed E-state index contributed by atoms with van der Waals surface area (Å²) < 4.78 is 0. The molecular formula is C64H40. The Labute approximate surface area is 373 Å². The highest BCUT2D eigenvalue weighted by Gasteiger charge is 2.34. The lowest BCUT2D eigenvalue weighted by Crippen LogP contribution is -2.00. The van der Waals surface area contributed by atoms with Gasteiger partial charge in [0.15, 0.2) is 0 Å². The molecule has 0 atom stereocenters. The van der Waals surface area contributed by atoms with Crippen LogP contribution < -0.4 is 0 Å². The van der Waals surface area contributed by atoms with E-state index in [9.17, 15) is 0 Å². The van der Waals surface area contributed by atoms with E-state index < -0.39 is 0 Å². The Balaban J connectivity index is 1.38. The fourth-order valence-electron chi connectivity index (χ4n) is 10.9. The Morgan fingerprint density at radius 3 is 0.984 bits per heavy atom. The predicted molar refractivity (Wildman–Crippen MR) is 274 cm³/mol. The normalized spacial score (nSPS) is 11.8. The second-order valence-electron chi connectivity index (χ2n) is 17.0. The van der Waals surface area contributed by atoms with Crippen molar-refractivity contribution in [3.63, 3.8) is 0 Å². The number of hydrogen-bond donors (Lipinski definition) is 0. The maximum atomic E-state index is 2.51. The molecule has 0 radical (unpaired) electrons. The van der Waals surface area contributed by atoms with Gasteiger partial charge in [-0.3, -0.25) is 0 Å². The van der Waals surface area contributed by atoms with E-state index in [2.05, 4.69) is 243 Å². The molecule has 0 nitrogen and oxygen atoms in total. The first kappa shape index (κ1) is 36.3. The van der Waals surface area contributed by atoms with Gasteiger partial charge in [0.05, 0.1) is 0 Å². The number of fused-ring (bicyclic) bond motifs is 7. The van der Waals surface area contributed by atoms with Crippen molar-refractivity contribution in [2.24, 2.45) is 0 Å². The summed E-state index contributed by atoms with van der Waals surface area (Å²) >= 11 is 0. The van der Waals surface area contributed by atoms with E-state index in [1.807, 2.05) is 0 Å². The maximum Gasteiger partial charge on any atom is -0.000116 e. The molecule has 0 amide bonds. The van der Waals surface area contributed by atoms with Crippen molar-refractivity contribution >= 4 is 43.1 Å². The van der Waals surface area contributed by atoms with Gasteiger partial charge in [0.1, 0.15) is 0 Å². The minimum absolute atomic E-state index is 1.19. The zero-order chi connectivity index (χ0) is 42.1. The molecule has 64 heavy (non-hydrogen) atoms. The van der Waals surface area contributed by atoms with Crippen LogP contribution in [0, 0.1) is 0 Å². The average molecular weight is 809 g/mol. The van der Waals surface area contributed by atoms with Crippen molar-refractivity contribution < 1.29 is 0 Å². The van der Waals surface area contributed by atoms with Crippen LogP contribution in [0.3, 0.4) is 0 Å². The fourth-order valence-corrected chi connectivity index (χ4v) is 10.9. The highest BCUT2D eigenvalue weighted by Crippen LogP contribution is 2.62. The third-order valence-electron chi connectivity index (χ3n) is 13.5. The van der Waals surface area contributed by atoms with Crippen molar-refractivity contribution in [2.45, 2.75) is 0 Å². The third kappa shape index (κ3) is 5.49. The van der Waals surface area contributed by atoms with Crippen molar-refractivity contribution in [1.29, 1.82) is 0 Å². The number of hydrogen-bond acceptors (Lipinski definition) is 0. The van der Waals surface area contributed by atoms with Gasteiger partial charge in [-0.25, -0.2) is 0 Å². The minimum Gasteiger partial charge on any atom is -0.0622 e. The summed E-state index contributed by atoms with van der Waals surface area (Å²) in [6.07, 6.45) is 0. The Bertz CT molecular complexity index is 3760. The lowest BCUT2D eigenvalue weighted by molar-refractivity contribution is 1.59.